The van der Waals surface area contributed by atoms with E-state index in [0.29, 0.717) is 12.6 Å². The third-order valence-electron chi connectivity index (χ3n) is 4.34. The Morgan fingerprint density at radius 3 is 1.77 bits per heavy atom. The molecular weight excluding hydrogens is 272 g/mol. The summed E-state index contributed by atoms with van der Waals surface area (Å²) in [6.45, 7) is 4.43. The van der Waals surface area contributed by atoms with Gasteiger partial charge in [0.25, 0.3) is 0 Å². The van der Waals surface area contributed by atoms with E-state index in [1.807, 2.05) is 0 Å². The van der Waals surface area contributed by atoms with Gasteiger partial charge in [-0.25, -0.2) is 0 Å². The Hall–Kier alpha value is -1.97. The second-order valence-corrected chi connectivity index (χ2v) is 5.73. The van der Waals surface area contributed by atoms with Crippen LogP contribution in [0.4, 0.5) is 0 Å². The van der Waals surface area contributed by atoms with Gasteiger partial charge >= 0.3 is 0 Å². The van der Waals surface area contributed by atoms with Crippen LogP contribution in [0.15, 0.2) is 60.7 Å². The van der Waals surface area contributed by atoms with Gasteiger partial charge in [0.05, 0.1) is 12.6 Å². The van der Waals surface area contributed by atoms with Crippen LogP contribution < -0.4 is 0 Å². The molecule has 0 spiro atoms. The van der Waals surface area contributed by atoms with Crippen LogP contribution >= 0.6 is 0 Å². The van der Waals surface area contributed by atoms with E-state index < -0.39 is 0 Å². The molecule has 0 amide bonds. The van der Waals surface area contributed by atoms with Crippen molar-refractivity contribution in [2.24, 2.45) is 0 Å². The number of benzene rings is 2. The lowest BCUT2D eigenvalue weighted by Gasteiger charge is -2.39. The van der Waals surface area contributed by atoms with Crippen molar-refractivity contribution in [2.75, 3.05) is 32.7 Å². The highest BCUT2D eigenvalue weighted by Crippen LogP contribution is 2.29. The van der Waals surface area contributed by atoms with Crippen molar-refractivity contribution in [3.05, 3.63) is 71.8 Å². The third-order valence-corrected chi connectivity index (χ3v) is 4.34. The van der Waals surface area contributed by atoms with E-state index >= 15 is 0 Å². The van der Waals surface area contributed by atoms with Gasteiger partial charge in [0.2, 0.25) is 0 Å². The topological polar surface area (TPSA) is 23.6 Å². The molecule has 3 heteroatoms. The largest absolute Gasteiger partial charge is 0.302 e. The third kappa shape index (κ3) is 3.43. The summed E-state index contributed by atoms with van der Waals surface area (Å²) in [4.78, 5) is 15.4. The molecule has 3 nitrogen and oxygen atoms in total. The molecule has 1 saturated heterocycles. The predicted molar refractivity (Wildman–Crippen MR) is 88.8 cm³/mol. The first-order valence-corrected chi connectivity index (χ1v) is 7.88. The Balaban J connectivity index is 1.83. The summed E-state index contributed by atoms with van der Waals surface area (Å²) in [7, 11) is 0. The summed E-state index contributed by atoms with van der Waals surface area (Å²) in [5, 5.41) is 0. The zero-order chi connectivity index (χ0) is 15.2. The number of aldehydes is 1. The molecule has 0 atom stereocenters. The van der Waals surface area contributed by atoms with Gasteiger partial charge in [-0.15, -0.1) is 0 Å². The van der Waals surface area contributed by atoms with Crippen molar-refractivity contribution in [1.29, 1.82) is 0 Å². The fourth-order valence-corrected chi connectivity index (χ4v) is 3.19. The van der Waals surface area contributed by atoms with E-state index in [2.05, 4.69) is 70.5 Å². The molecule has 1 heterocycles. The molecule has 114 valence electrons. The Bertz CT molecular complexity index is 537. The van der Waals surface area contributed by atoms with Gasteiger partial charge in [-0.1, -0.05) is 60.7 Å². The lowest BCUT2D eigenvalue weighted by Crippen LogP contribution is -2.48. The van der Waals surface area contributed by atoms with Crippen LogP contribution in [0.2, 0.25) is 0 Å². The van der Waals surface area contributed by atoms with Crippen molar-refractivity contribution in [2.45, 2.75) is 6.04 Å². The first-order valence-electron chi connectivity index (χ1n) is 7.88. The second-order valence-electron chi connectivity index (χ2n) is 5.73. The fraction of sp³-hybridized carbons (Fsp3) is 0.316. The molecule has 1 aliphatic rings. The van der Waals surface area contributed by atoms with E-state index in [1.165, 1.54) is 11.1 Å². The van der Waals surface area contributed by atoms with Gasteiger partial charge in [0, 0.05) is 26.2 Å². The number of rotatable bonds is 5. The fourth-order valence-electron chi connectivity index (χ4n) is 3.19. The standard InChI is InChI=1S/C19H22N2O/c22-16-15-20-11-13-21(14-12-20)19(17-7-3-1-4-8-17)18-9-5-2-6-10-18/h1-10,16,19H,11-15H2. The smallest absolute Gasteiger partial charge is 0.133 e. The molecule has 0 bridgehead atoms. The number of hydrogen-bond acceptors (Lipinski definition) is 3. The molecule has 0 saturated carbocycles. The minimum Gasteiger partial charge on any atom is -0.302 e. The highest BCUT2D eigenvalue weighted by molar-refractivity contribution is 5.52. The van der Waals surface area contributed by atoms with Crippen molar-refractivity contribution < 1.29 is 4.79 Å². The van der Waals surface area contributed by atoms with E-state index in [0.717, 1.165) is 32.5 Å². The van der Waals surface area contributed by atoms with Gasteiger partial charge in [-0.3, -0.25) is 9.80 Å². The van der Waals surface area contributed by atoms with Crippen molar-refractivity contribution in [1.82, 2.24) is 9.80 Å². The molecule has 0 N–H and O–H groups in total. The maximum Gasteiger partial charge on any atom is 0.133 e. The summed E-state index contributed by atoms with van der Waals surface area (Å²) < 4.78 is 0. The predicted octanol–water partition coefficient (Wildman–Crippen LogP) is 2.59. The minimum atomic E-state index is 0.292. The highest BCUT2D eigenvalue weighted by atomic mass is 16.1. The van der Waals surface area contributed by atoms with Crippen LogP contribution in [0.3, 0.4) is 0 Å². The van der Waals surface area contributed by atoms with Gasteiger partial charge in [-0.2, -0.15) is 0 Å². The average molecular weight is 294 g/mol. The first-order chi connectivity index (χ1) is 10.9. The monoisotopic (exact) mass is 294 g/mol. The number of hydrogen-bond donors (Lipinski definition) is 0. The molecule has 0 radical (unpaired) electrons. The number of carbonyl (C=O) groups is 1. The van der Waals surface area contributed by atoms with Crippen LogP contribution in [0.1, 0.15) is 17.2 Å². The Kier molecular flexibility index (Phi) is 4.99. The van der Waals surface area contributed by atoms with E-state index in [4.69, 9.17) is 0 Å². The quantitative estimate of drug-likeness (QED) is 0.792. The molecule has 1 fully saturated rings. The zero-order valence-electron chi connectivity index (χ0n) is 12.8. The van der Waals surface area contributed by atoms with Crippen molar-refractivity contribution >= 4 is 6.29 Å². The molecule has 22 heavy (non-hydrogen) atoms. The first kappa shape index (κ1) is 14.9. The minimum absolute atomic E-state index is 0.292. The maximum atomic E-state index is 10.7. The summed E-state index contributed by atoms with van der Waals surface area (Å²) >= 11 is 0. The van der Waals surface area contributed by atoms with Gasteiger partial charge in [0.1, 0.15) is 6.29 Å². The summed E-state index contributed by atoms with van der Waals surface area (Å²) in [6, 6.07) is 21.7. The van der Waals surface area contributed by atoms with Crippen LogP contribution in [-0.2, 0) is 4.79 Å². The Morgan fingerprint density at radius 1 is 0.818 bits per heavy atom. The van der Waals surface area contributed by atoms with E-state index in [9.17, 15) is 4.79 Å². The molecule has 1 aliphatic heterocycles. The van der Waals surface area contributed by atoms with Crippen molar-refractivity contribution in [3.63, 3.8) is 0 Å². The molecule has 3 rings (SSSR count). The average Bonchev–Trinajstić information content (AvgIpc) is 2.59. The molecule has 0 aromatic heterocycles. The molecule has 2 aromatic carbocycles. The zero-order valence-corrected chi connectivity index (χ0v) is 12.8. The Labute approximate surface area is 132 Å². The maximum absolute atomic E-state index is 10.7. The molecule has 0 unspecified atom stereocenters. The van der Waals surface area contributed by atoms with E-state index in [-0.39, 0.29) is 0 Å². The Morgan fingerprint density at radius 2 is 1.32 bits per heavy atom. The van der Waals surface area contributed by atoms with Crippen LogP contribution in [-0.4, -0.2) is 48.8 Å². The summed E-state index contributed by atoms with van der Waals surface area (Å²) in [6.07, 6.45) is 1.00. The van der Waals surface area contributed by atoms with Crippen LogP contribution in [0, 0.1) is 0 Å². The lowest BCUT2D eigenvalue weighted by atomic mass is 9.96. The van der Waals surface area contributed by atoms with Gasteiger partial charge in [-0.05, 0) is 11.1 Å². The van der Waals surface area contributed by atoms with Crippen LogP contribution in [0.25, 0.3) is 0 Å². The normalized spacial score (nSPS) is 16.8. The molecule has 2 aromatic rings. The van der Waals surface area contributed by atoms with Gasteiger partial charge < -0.3 is 4.79 Å². The SMILES string of the molecule is O=CCN1CCN(C(c2ccccc2)c2ccccc2)CC1. The van der Waals surface area contributed by atoms with Crippen LogP contribution in [0.5, 0.6) is 0 Å². The molecular formula is C19H22N2O. The number of nitrogens with zero attached hydrogens (tertiary/aromatic N) is 2. The lowest BCUT2D eigenvalue weighted by molar-refractivity contribution is -0.109. The van der Waals surface area contributed by atoms with Gasteiger partial charge in [0.15, 0.2) is 0 Å². The number of piperazine rings is 1. The van der Waals surface area contributed by atoms with E-state index in [1.54, 1.807) is 0 Å². The summed E-state index contributed by atoms with van der Waals surface area (Å²) in [5.41, 5.74) is 2.66. The second kappa shape index (κ2) is 7.34. The van der Waals surface area contributed by atoms with Crippen molar-refractivity contribution in [3.8, 4) is 0 Å². The molecule has 0 aliphatic carbocycles. The summed E-state index contributed by atoms with van der Waals surface area (Å²) in [5.74, 6) is 0. The number of carbonyl (C=O) groups excluding carboxylic acids is 1. The highest BCUT2D eigenvalue weighted by Gasteiger charge is 2.25.